The summed E-state index contributed by atoms with van der Waals surface area (Å²) in [5.74, 6) is 0.737. The molecule has 0 spiro atoms. The Morgan fingerprint density at radius 1 is 1.33 bits per heavy atom. The zero-order valence-electron chi connectivity index (χ0n) is 6.39. The lowest BCUT2D eigenvalue weighted by molar-refractivity contribution is 0.359. The summed E-state index contributed by atoms with van der Waals surface area (Å²) in [6.07, 6.45) is 0. The summed E-state index contributed by atoms with van der Waals surface area (Å²) in [5.41, 5.74) is 0. The lowest BCUT2D eigenvalue weighted by Gasteiger charge is -2.03. The molecule has 0 aliphatic carbocycles. The number of hydrogen-bond acceptors (Lipinski definition) is 1. The molecule has 0 saturated heterocycles. The molecule has 0 aromatic heterocycles. The van der Waals surface area contributed by atoms with Crippen molar-refractivity contribution in [3.05, 3.63) is 40.9 Å². The van der Waals surface area contributed by atoms with E-state index in [4.69, 9.17) is 27.9 Å². The molecule has 3 heteroatoms. The summed E-state index contributed by atoms with van der Waals surface area (Å²) >= 11 is 11.2. The number of ether oxygens (including phenoxy) is 1. The van der Waals surface area contributed by atoms with Crippen molar-refractivity contribution in [3.63, 3.8) is 0 Å². The van der Waals surface area contributed by atoms with Crippen LogP contribution in [0.5, 0.6) is 5.75 Å². The van der Waals surface area contributed by atoms with Gasteiger partial charge in [-0.2, -0.15) is 0 Å². The molecule has 0 N–H and O–H groups in total. The summed E-state index contributed by atoms with van der Waals surface area (Å²) in [4.78, 5) is 0. The van der Waals surface area contributed by atoms with Gasteiger partial charge in [-0.3, -0.25) is 0 Å². The molecule has 0 unspecified atom stereocenters. The van der Waals surface area contributed by atoms with Gasteiger partial charge in [-0.05, 0) is 24.3 Å². The molecule has 0 radical (unpaired) electrons. The maximum atomic E-state index is 5.68. The maximum Gasteiger partial charge on any atom is 0.123 e. The predicted octanol–water partition coefficient (Wildman–Crippen LogP) is 3.47. The number of rotatable bonds is 3. The first kappa shape index (κ1) is 9.43. The van der Waals surface area contributed by atoms with Crippen LogP contribution >= 0.6 is 23.2 Å². The highest BCUT2D eigenvalue weighted by molar-refractivity contribution is 6.30. The van der Waals surface area contributed by atoms with E-state index in [-0.39, 0.29) is 0 Å². The topological polar surface area (TPSA) is 9.23 Å². The lowest BCUT2D eigenvalue weighted by atomic mass is 10.3. The Hall–Kier alpha value is -0.660. The zero-order chi connectivity index (χ0) is 8.97. The lowest BCUT2D eigenvalue weighted by Crippen LogP contribution is -1.95. The Kier molecular flexibility index (Phi) is 3.45. The molecule has 0 aliphatic heterocycles. The van der Waals surface area contributed by atoms with Crippen LogP contribution in [-0.2, 0) is 0 Å². The van der Waals surface area contributed by atoms with E-state index in [1.54, 1.807) is 24.3 Å². The van der Waals surface area contributed by atoms with Crippen LogP contribution in [0, 0.1) is 0 Å². The van der Waals surface area contributed by atoms with Gasteiger partial charge < -0.3 is 4.74 Å². The van der Waals surface area contributed by atoms with Gasteiger partial charge in [0.2, 0.25) is 0 Å². The van der Waals surface area contributed by atoms with Gasteiger partial charge in [-0.1, -0.05) is 29.8 Å². The molecule has 1 nitrogen and oxygen atoms in total. The van der Waals surface area contributed by atoms with E-state index in [1.165, 1.54) is 0 Å². The van der Waals surface area contributed by atoms with Gasteiger partial charge in [0.15, 0.2) is 0 Å². The van der Waals surface area contributed by atoms with Crippen molar-refractivity contribution in [1.29, 1.82) is 0 Å². The Labute approximate surface area is 81.6 Å². The summed E-state index contributed by atoms with van der Waals surface area (Å²) < 4.78 is 5.23. The smallest absolute Gasteiger partial charge is 0.123 e. The molecule has 0 aliphatic rings. The molecule has 1 aromatic rings. The monoisotopic (exact) mass is 202 g/mol. The molecule has 0 atom stereocenters. The molecule has 12 heavy (non-hydrogen) atoms. The molecule has 0 heterocycles. The van der Waals surface area contributed by atoms with E-state index < -0.39 is 0 Å². The summed E-state index contributed by atoms with van der Waals surface area (Å²) in [7, 11) is 0. The molecule has 0 bridgehead atoms. The highest BCUT2D eigenvalue weighted by Gasteiger charge is 1.93. The van der Waals surface area contributed by atoms with Crippen LogP contribution in [-0.4, -0.2) is 6.61 Å². The van der Waals surface area contributed by atoms with Crippen molar-refractivity contribution in [2.24, 2.45) is 0 Å². The Morgan fingerprint density at radius 3 is 2.42 bits per heavy atom. The van der Waals surface area contributed by atoms with Crippen molar-refractivity contribution in [1.82, 2.24) is 0 Å². The fourth-order valence-corrected chi connectivity index (χ4v) is 0.873. The van der Waals surface area contributed by atoms with E-state index in [0.717, 1.165) is 5.75 Å². The second kappa shape index (κ2) is 4.39. The largest absolute Gasteiger partial charge is 0.488 e. The van der Waals surface area contributed by atoms with Gasteiger partial charge in [-0.25, -0.2) is 0 Å². The van der Waals surface area contributed by atoms with Gasteiger partial charge >= 0.3 is 0 Å². The number of benzene rings is 1. The predicted molar refractivity (Wildman–Crippen MR) is 51.9 cm³/mol. The Morgan fingerprint density at radius 2 is 1.92 bits per heavy atom. The van der Waals surface area contributed by atoms with Gasteiger partial charge in [-0.15, -0.1) is 0 Å². The average molecular weight is 203 g/mol. The minimum atomic E-state index is 0.323. The maximum absolute atomic E-state index is 5.68. The van der Waals surface area contributed by atoms with Crippen LogP contribution in [0.2, 0.25) is 5.02 Å². The Balaban J connectivity index is 2.53. The van der Waals surface area contributed by atoms with Crippen molar-refractivity contribution >= 4 is 23.2 Å². The minimum absolute atomic E-state index is 0.323. The molecule has 64 valence electrons. The molecule has 1 rings (SSSR count). The van der Waals surface area contributed by atoms with Crippen molar-refractivity contribution in [2.45, 2.75) is 0 Å². The quantitative estimate of drug-likeness (QED) is 0.730. The van der Waals surface area contributed by atoms with E-state index in [2.05, 4.69) is 6.58 Å². The SMILES string of the molecule is C=C(Cl)COc1ccc(Cl)cc1. The first-order chi connectivity index (χ1) is 5.68. The van der Waals surface area contributed by atoms with Crippen LogP contribution in [0.4, 0.5) is 0 Å². The molecule has 1 aromatic carbocycles. The highest BCUT2D eigenvalue weighted by Crippen LogP contribution is 2.16. The van der Waals surface area contributed by atoms with Crippen molar-refractivity contribution < 1.29 is 4.74 Å². The zero-order valence-corrected chi connectivity index (χ0v) is 7.90. The van der Waals surface area contributed by atoms with E-state index >= 15 is 0 Å². The molecule has 0 fully saturated rings. The highest BCUT2D eigenvalue weighted by atomic mass is 35.5. The standard InChI is InChI=1S/C9H8Cl2O/c1-7(10)6-12-9-4-2-8(11)3-5-9/h2-5H,1,6H2. The second-order valence-corrected chi connectivity index (χ2v) is 3.23. The van der Waals surface area contributed by atoms with Crippen molar-refractivity contribution in [2.75, 3.05) is 6.61 Å². The van der Waals surface area contributed by atoms with Gasteiger partial charge in [0.1, 0.15) is 12.4 Å². The third-order valence-corrected chi connectivity index (χ3v) is 1.57. The first-order valence-electron chi connectivity index (χ1n) is 3.40. The first-order valence-corrected chi connectivity index (χ1v) is 4.16. The average Bonchev–Trinajstić information content (AvgIpc) is 2.03. The van der Waals surface area contributed by atoms with Gasteiger partial charge in [0.25, 0.3) is 0 Å². The fourth-order valence-electron chi connectivity index (χ4n) is 0.692. The normalized spacial score (nSPS) is 9.50. The Bertz CT molecular complexity index is 266. The van der Waals surface area contributed by atoms with E-state index in [1.807, 2.05) is 0 Å². The number of hydrogen-bond donors (Lipinski definition) is 0. The third kappa shape index (κ3) is 3.16. The van der Waals surface area contributed by atoms with Crippen LogP contribution in [0.1, 0.15) is 0 Å². The van der Waals surface area contributed by atoms with Crippen LogP contribution in [0.3, 0.4) is 0 Å². The molecular formula is C9H8Cl2O. The van der Waals surface area contributed by atoms with E-state index in [0.29, 0.717) is 16.7 Å². The third-order valence-electron chi connectivity index (χ3n) is 1.21. The summed E-state index contributed by atoms with van der Waals surface area (Å²) in [6, 6.07) is 7.08. The van der Waals surface area contributed by atoms with Crippen LogP contribution < -0.4 is 4.74 Å². The van der Waals surface area contributed by atoms with Crippen molar-refractivity contribution in [3.8, 4) is 5.75 Å². The fraction of sp³-hybridized carbons (Fsp3) is 0.111. The second-order valence-electron chi connectivity index (χ2n) is 2.26. The molecule has 0 amide bonds. The summed E-state index contributed by atoms with van der Waals surface area (Å²) in [6.45, 7) is 3.82. The van der Waals surface area contributed by atoms with E-state index in [9.17, 15) is 0 Å². The summed E-state index contributed by atoms with van der Waals surface area (Å²) in [5, 5.41) is 1.16. The molecular weight excluding hydrogens is 195 g/mol. The van der Waals surface area contributed by atoms with Crippen LogP contribution in [0.25, 0.3) is 0 Å². The minimum Gasteiger partial charge on any atom is -0.488 e. The van der Waals surface area contributed by atoms with Gasteiger partial charge in [0.05, 0.1) is 0 Å². The molecule has 0 saturated carbocycles. The number of halogens is 2. The van der Waals surface area contributed by atoms with Crippen LogP contribution in [0.15, 0.2) is 35.9 Å². The van der Waals surface area contributed by atoms with Gasteiger partial charge in [0, 0.05) is 10.1 Å².